The van der Waals surface area contributed by atoms with Crippen molar-refractivity contribution in [3.8, 4) is 17.1 Å². The van der Waals surface area contributed by atoms with Crippen molar-refractivity contribution in [1.82, 2.24) is 10.1 Å². The van der Waals surface area contributed by atoms with E-state index in [0.29, 0.717) is 23.8 Å². The van der Waals surface area contributed by atoms with E-state index in [0.717, 1.165) is 25.7 Å². The molecule has 3 rings (SSSR count). The maximum atomic E-state index is 13.4. The molecular formula is C15H18FN3O2. The van der Waals surface area contributed by atoms with Gasteiger partial charge in [-0.05, 0) is 31.0 Å². The van der Waals surface area contributed by atoms with Gasteiger partial charge < -0.3 is 15.4 Å². The van der Waals surface area contributed by atoms with Crippen molar-refractivity contribution in [3.05, 3.63) is 29.9 Å². The quantitative estimate of drug-likeness (QED) is 0.908. The Morgan fingerprint density at radius 2 is 2.05 bits per heavy atom. The Morgan fingerprint density at radius 3 is 2.71 bits per heavy atom. The van der Waals surface area contributed by atoms with Gasteiger partial charge in [-0.25, -0.2) is 4.39 Å². The van der Waals surface area contributed by atoms with Gasteiger partial charge in [0.25, 0.3) is 0 Å². The number of phenolic OH excluding ortho intramolecular Hbond substituents is 1. The number of aromatic hydroxyl groups is 1. The van der Waals surface area contributed by atoms with E-state index in [9.17, 15) is 9.50 Å². The second-order valence-electron chi connectivity index (χ2n) is 5.63. The normalized spacial score (nSPS) is 17.8. The summed E-state index contributed by atoms with van der Waals surface area (Å²) in [7, 11) is 0. The van der Waals surface area contributed by atoms with Gasteiger partial charge in [0, 0.05) is 12.1 Å². The number of rotatable bonds is 3. The van der Waals surface area contributed by atoms with Crippen LogP contribution < -0.4 is 5.73 Å². The Morgan fingerprint density at radius 1 is 1.29 bits per heavy atom. The first-order valence-corrected chi connectivity index (χ1v) is 7.18. The van der Waals surface area contributed by atoms with E-state index in [-0.39, 0.29) is 5.41 Å². The fraction of sp³-hybridized carbons (Fsp3) is 0.467. The van der Waals surface area contributed by atoms with Crippen LogP contribution in [0.1, 0.15) is 38.0 Å². The highest BCUT2D eigenvalue weighted by Gasteiger charge is 2.38. The summed E-state index contributed by atoms with van der Waals surface area (Å²) in [5, 5.41) is 13.2. The van der Waals surface area contributed by atoms with Crippen LogP contribution in [0.3, 0.4) is 0 Å². The third kappa shape index (κ3) is 2.51. The van der Waals surface area contributed by atoms with Crippen LogP contribution in [-0.2, 0) is 5.41 Å². The molecule has 0 bridgehead atoms. The molecule has 0 spiro atoms. The molecular weight excluding hydrogens is 273 g/mol. The van der Waals surface area contributed by atoms with E-state index >= 15 is 0 Å². The zero-order valence-corrected chi connectivity index (χ0v) is 11.7. The highest BCUT2D eigenvalue weighted by Crippen LogP contribution is 2.38. The molecule has 1 fully saturated rings. The Balaban J connectivity index is 1.93. The molecule has 1 aromatic carbocycles. The van der Waals surface area contributed by atoms with E-state index in [1.54, 1.807) is 6.07 Å². The summed E-state index contributed by atoms with van der Waals surface area (Å²) < 4.78 is 18.8. The van der Waals surface area contributed by atoms with Crippen LogP contribution in [0, 0.1) is 5.82 Å². The Hall–Kier alpha value is -1.95. The summed E-state index contributed by atoms with van der Waals surface area (Å²) in [4.78, 5) is 4.41. The summed E-state index contributed by atoms with van der Waals surface area (Å²) in [6, 6.07) is 4.03. The average Bonchev–Trinajstić information content (AvgIpc) is 3.01. The van der Waals surface area contributed by atoms with Crippen LogP contribution in [0.25, 0.3) is 11.4 Å². The first-order chi connectivity index (χ1) is 10.1. The number of phenols is 1. The highest BCUT2D eigenvalue weighted by molar-refractivity contribution is 5.56. The lowest BCUT2D eigenvalue weighted by atomic mass is 9.74. The number of aromatic nitrogens is 2. The van der Waals surface area contributed by atoms with Gasteiger partial charge in [-0.2, -0.15) is 4.98 Å². The topological polar surface area (TPSA) is 85.2 Å². The van der Waals surface area contributed by atoms with Gasteiger partial charge >= 0.3 is 0 Å². The number of hydrogen-bond donors (Lipinski definition) is 2. The van der Waals surface area contributed by atoms with Gasteiger partial charge in [0.05, 0.1) is 5.41 Å². The maximum absolute atomic E-state index is 13.4. The number of benzene rings is 1. The number of nitrogens with zero attached hydrogens (tertiary/aromatic N) is 2. The van der Waals surface area contributed by atoms with Crippen LogP contribution in [0.15, 0.2) is 22.7 Å². The van der Waals surface area contributed by atoms with Crippen LogP contribution >= 0.6 is 0 Å². The molecule has 0 aliphatic heterocycles. The molecule has 0 radical (unpaired) electrons. The largest absolute Gasteiger partial charge is 0.505 e. The molecule has 1 heterocycles. The second-order valence-corrected chi connectivity index (χ2v) is 5.63. The van der Waals surface area contributed by atoms with Crippen molar-refractivity contribution in [3.63, 3.8) is 0 Å². The van der Waals surface area contributed by atoms with Crippen molar-refractivity contribution in [1.29, 1.82) is 0 Å². The first kappa shape index (κ1) is 14.0. The molecule has 2 aromatic rings. The zero-order chi connectivity index (χ0) is 14.9. The average molecular weight is 291 g/mol. The molecule has 0 unspecified atom stereocenters. The fourth-order valence-electron chi connectivity index (χ4n) is 2.94. The van der Waals surface area contributed by atoms with Crippen LogP contribution in [-0.4, -0.2) is 21.8 Å². The summed E-state index contributed by atoms with van der Waals surface area (Å²) in [6.07, 6.45) is 5.28. The molecule has 112 valence electrons. The molecule has 1 saturated carbocycles. The van der Waals surface area contributed by atoms with Crippen molar-refractivity contribution < 1.29 is 14.0 Å². The molecule has 0 saturated heterocycles. The van der Waals surface area contributed by atoms with Crippen molar-refractivity contribution in [2.45, 2.75) is 37.5 Å². The van der Waals surface area contributed by atoms with Crippen LogP contribution in [0.4, 0.5) is 4.39 Å². The molecule has 1 aliphatic rings. The van der Waals surface area contributed by atoms with Gasteiger partial charge in [-0.15, -0.1) is 0 Å². The van der Waals surface area contributed by atoms with Gasteiger partial charge in [0.15, 0.2) is 11.6 Å². The van der Waals surface area contributed by atoms with Crippen LogP contribution in [0.5, 0.6) is 5.75 Å². The fourth-order valence-corrected chi connectivity index (χ4v) is 2.94. The van der Waals surface area contributed by atoms with E-state index in [2.05, 4.69) is 10.1 Å². The lowest BCUT2D eigenvalue weighted by Gasteiger charge is -2.32. The molecule has 3 N–H and O–H groups in total. The maximum Gasteiger partial charge on any atom is 0.234 e. The number of nitrogens with two attached hydrogens (primary N) is 1. The molecule has 5 nitrogen and oxygen atoms in total. The molecule has 21 heavy (non-hydrogen) atoms. The monoisotopic (exact) mass is 291 g/mol. The van der Waals surface area contributed by atoms with Gasteiger partial charge in [0.1, 0.15) is 0 Å². The Kier molecular flexibility index (Phi) is 3.63. The van der Waals surface area contributed by atoms with Gasteiger partial charge in [-0.3, -0.25) is 0 Å². The summed E-state index contributed by atoms with van der Waals surface area (Å²) in [5.74, 6) is -0.242. The Labute approximate surface area is 122 Å². The lowest BCUT2D eigenvalue weighted by molar-refractivity contribution is 0.220. The SMILES string of the molecule is NCC1(c2nc(-c3ccc(O)c(F)c3)no2)CCCCC1. The Bertz CT molecular complexity index is 636. The van der Waals surface area contributed by atoms with Crippen molar-refractivity contribution >= 4 is 0 Å². The molecule has 6 heteroatoms. The van der Waals surface area contributed by atoms with E-state index in [1.165, 1.54) is 18.6 Å². The highest BCUT2D eigenvalue weighted by atomic mass is 19.1. The third-order valence-electron chi connectivity index (χ3n) is 4.29. The molecule has 0 amide bonds. The van der Waals surface area contributed by atoms with E-state index < -0.39 is 11.6 Å². The van der Waals surface area contributed by atoms with Crippen molar-refractivity contribution in [2.75, 3.05) is 6.54 Å². The van der Waals surface area contributed by atoms with E-state index in [1.807, 2.05) is 0 Å². The molecule has 0 atom stereocenters. The lowest BCUT2D eigenvalue weighted by Crippen LogP contribution is -2.37. The summed E-state index contributed by atoms with van der Waals surface area (Å²) in [5.41, 5.74) is 6.17. The first-order valence-electron chi connectivity index (χ1n) is 7.18. The zero-order valence-electron chi connectivity index (χ0n) is 11.7. The molecule has 1 aromatic heterocycles. The van der Waals surface area contributed by atoms with Gasteiger partial charge in [0.2, 0.25) is 11.7 Å². The minimum atomic E-state index is -0.704. The smallest absolute Gasteiger partial charge is 0.234 e. The van der Waals surface area contributed by atoms with E-state index in [4.69, 9.17) is 10.3 Å². The van der Waals surface area contributed by atoms with Gasteiger partial charge in [-0.1, -0.05) is 24.4 Å². The molecule has 1 aliphatic carbocycles. The standard InChI is InChI=1S/C15H18FN3O2/c16-11-8-10(4-5-12(11)20)13-18-14(21-19-13)15(9-17)6-2-1-3-7-15/h4-5,8,20H,1-3,6-7,9,17H2. The predicted octanol–water partition coefficient (Wildman–Crippen LogP) is 2.74. The van der Waals surface area contributed by atoms with Crippen LogP contribution in [0.2, 0.25) is 0 Å². The minimum Gasteiger partial charge on any atom is -0.505 e. The second kappa shape index (κ2) is 5.44. The summed E-state index contributed by atoms with van der Waals surface area (Å²) in [6.45, 7) is 0.471. The van der Waals surface area contributed by atoms with Crippen molar-refractivity contribution in [2.24, 2.45) is 5.73 Å². The number of hydrogen-bond acceptors (Lipinski definition) is 5. The predicted molar refractivity (Wildman–Crippen MR) is 75.2 cm³/mol. The summed E-state index contributed by atoms with van der Waals surface area (Å²) >= 11 is 0. The number of halogens is 1. The minimum absolute atomic E-state index is 0.251. The third-order valence-corrected chi connectivity index (χ3v) is 4.29.